The summed E-state index contributed by atoms with van der Waals surface area (Å²) in [5.41, 5.74) is 3.07. The molecule has 3 aliphatic carbocycles. The predicted molar refractivity (Wildman–Crippen MR) is 166 cm³/mol. The van der Waals surface area contributed by atoms with Crippen LogP contribution in [0.2, 0.25) is 0 Å². The Balaban J connectivity index is 1.65. The van der Waals surface area contributed by atoms with Crippen molar-refractivity contribution in [2.24, 2.45) is 17.6 Å². The molecule has 1 aliphatic heterocycles. The average molecular weight is 612 g/mol. The first-order chi connectivity index (χ1) is 20.2. The van der Waals surface area contributed by atoms with Gasteiger partial charge in [0.15, 0.2) is 11.4 Å². The van der Waals surface area contributed by atoms with Crippen molar-refractivity contribution in [2.45, 2.75) is 82.1 Å². The number of allylic oxidation sites excluding steroid dienone is 1. The maximum atomic E-state index is 14.3. The number of hydrogen-bond donors (Lipinski definition) is 7. The van der Waals surface area contributed by atoms with E-state index in [2.05, 4.69) is 38.3 Å². The van der Waals surface area contributed by atoms with E-state index in [4.69, 9.17) is 5.73 Å². The second-order valence-corrected chi connectivity index (χ2v) is 14.6. The van der Waals surface area contributed by atoms with Crippen LogP contribution in [0.25, 0.3) is 0 Å². The highest BCUT2D eigenvalue weighted by Gasteiger charge is 2.63. The van der Waals surface area contributed by atoms with E-state index in [9.17, 15) is 34.8 Å². The lowest BCUT2D eigenvalue weighted by Gasteiger charge is -2.50. The number of aromatic hydroxyl groups is 1. The number of phenols is 1. The second kappa shape index (κ2) is 10.2. The quantitative estimate of drug-likeness (QED) is 0.190. The van der Waals surface area contributed by atoms with Crippen LogP contribution in [0.15, 0.2) is 28.7 Å². The van der Waals surface area contributed by atoms with Gasteiger partial charge in [0.1, 0.15) is 22.8 Å². The van der Waals surface area contributed by atoms with Crippen molar-refractivity contribution in [1.29, 1.82) is 0 Å². The lowest BCUT2D eigenvalue weighted by molar-refractivity contribution is -0.148. The maximum absolute atomic E-state index is 14.3. The fraction of sp³-hybridized carbons (Fsp3) is 0.594. The van der Waals surface area contributed by atoms with E-state index in [0.29, 0.717) is 16.9 Å². The zero-order valence-corrected chi connectivity index (χ0v) is 26.7. The number of piperidine rings is 1. The predicted octanol–water partition coefficient (Wildman–Crippen LogP) is 1.91. The van der Waals surface area contributed by atoms with Crippen LogP contribution in [0.3, 0.4) is 0 Å². The first kappa shape index (κ1) is 31.8. The highest BCUT2D eigenvalue weighted by molar-refractivity contribution is 6.25. The summed E-state index contributed by atoms with van der Waals surface area (Å²) in [6.07, 6.45) is 1.79. The summed E-state index contributed by atoms with van der Waals surface area (Å²) in [7, 11) is 6.90. The Morgan fingerprint density at radius 1 is 1.05 bits per heavy atom. The molecule has 1 heterocycles. The number of hydrogen-bond acceptors (Lipinski definition) is 11. The number of anilines is 2. The Morgan fingerprint density at radius 3 is 2.16 bits per heavy atom. The van der Waals surface area contributed by atoms with Crippen molar-refractivity contribution in [1.82, 2.24) is 10.2 Å². The summed E-state index contributed by atoms with van der Waals surface area (Å²) in [5.74, 6) is -6.65. The number of phenolic OH excluding ortho intramolecular Hbond substituents is 1. The van der Waals surface area contributed by atoms with Crippen LogP contribution in [-0.4, -0.2) is 99.8 Å². The van der Waals surface area contributed by atoms with Gasteiger partial charge in [-0.1, -0.05) is 0 Å². The third-order valence-electron chi connectivity index (χ3n) is 9.73. The molecule has 0 aromatic heterocycles. The summed E-state index contributed by atoms with van der Waals surface area (Å²) in [6, 6.07) is 0.773. The van der Waals surface area contributed by atoms with E-state index in [1.165, 1.54) is 4.90 Å². The van der Waals surface area contributed by atoms with Crippen LogP contribution in [-0.2, 0) is 16.0 Å². The number of nitrogens with one attached hydrogen (secondary N) is 2. The third kappa shape index (κ3) is 4.74. The van der Waals surface area contributed by atoms with Crippen molar-refractivity contribution in [2.75, 3.05) is 38.4 Å². The van der Waals surface area contributed by atoms with Crippen molar-refractivity contribution in [3.05, 3.63) is 39.9 Å². The third-order valence-corrected chi connectivity index (χ3v) is 9.73. The van der Waals surface area contributed by atoms with Gasteiger partial charge in [-0.25, -0.2) is 0 Å². The SMILES string of the molecule is CN(C)c1cc(NC2CC(C)(C)NC(C)(C)C2)c(O)c2c1CC1CC3C(N(C)C)C(O)=C(C(N)=O)C(=O)C3(O)C(O)=C1C2=O. The lowest BCUT2D eigenvalue weighted by Crippen LogP contribution is -2.63. The zero-order valence-electron chi connectivity index (χ0n) is 26.7. The molecule has 12 heteroatoms. The summed E-state index contributed by atoms with van der Waals surface area (Å²) < 4.78 is 0. The summed E-state index contributed by atoms with van der Waals surface area (Å²) in [4.78, 5) is 43.5. The number of likely N-dealkylation sites (N-methyl/N-ethyl adjacent to an activating group) is 1. The van der Waals surface area contributed by atoms with Gasteiger partial charge in [0.25, 0.3) is 5.91 Å². The molecule has 4 aliphatic rings. The number of Topliss-reactive ketones (excluding diaryl/α,β-unsaturated/α-hetero) is 2. The lowest BCUT2D eigenvalue weighted by atomic mass is 9.58. The molecule has 8 N–H and O–H groups in total. The monoisotopic (exact) mass is 611 g/mol. The Hall–Kier alpha value is -3.61. The van der Waals surface area contributed by atoms with Crippen LogP contribution in [0.1, 0.15) is 62.9 Å². The van der Waals surface area contributed by atoms with Gasteiger partial charge in [-0.05, 0) is 85.0 Å². The molecule has 4 atom stereocenters. The number of primary amides is 1. The van der Waals surface area contributed by atoms with Crippen LogP contribution < -0.4 is 21.3 Å². The highest BCUT2D eigenvalue weighted by atomic mass is 16.3. The van der Waals surface area contributed by atoms with Gasteiger partial charge < -0.3 is 41.7 Å². The second-order valence-electron chi connectivity index (χ2n) is 14.6. The van der Waals surface area contributed by atoms with Crippen LogP contribution in [0.5, 0.6) is 5.75 Å². The minimum Gasteiger partial charge on any atom is -0.510 e. The maximum Gasteiger partial charge on any atom is 0.255 e. The molecule has 0 spiro atoms. The summed E-state index contributed by atoms with van der Waals surface area (Å²) in [6.45, 7) is 8.47. The molecule has 5 rings (SSSR count). The number of nitrogens with zero attached hydrogens (tertiary/aromatic N) is 2. The van der Waals surface area contributed by atoms with E-state index in [-0.39, 0.29) is 46.8 Å². The van der Waals surface area contributed by atoms with Crippen molar-refractivity contribution < 1.29 is 34.8 Å². The topological polar surface area (TPSA) is 189 Å². The smallest absolute Gasteiger partial charge is 0.255 e. The van der Waals surface area contributed by atoms with Gasteiger partial charge in [-0.15, -0.1) is 0 Å². The number of rotatable bonds is 5. The minimum atomic E-state index is -2.67. The van der Waals surface area contributed by atoms with E-state index in [1.54, 1.807) is 14.1 Å². The van der Waals surface area contributed by atoms with Crippen molar-refractivity contribution in [3.63, 3.8) is 0 Å². The molecule has 0 radical (unpaired) electrons. The van der Waals surface area contributed by atoms with Gasteiger partial charge in [-0.3, -0.25) is 19.3 Å². The summed E-state index contributed by atoms with van der Waals surface area (Å²) >= 11 is 0. The van der Waals surface area contributed by atoms with Crippen LogP contribution in [0.4, 0.5) is 11.4 Å². The van der Waals surface area contributed by atoms with E-state index in [0.717, 1.165) is 12.8 Å². The molecule has 0 bridgehead atoms. The van der Waals surface area contributed by atoms with Crippen LogP contribution >= 0.6 is 0 Å². The fourth-order valence-electron chi connectivity index (χ4n) is 8.45. The van der Waals surface area contributed by atoms with Crippen molar-refractivity contribution >= 4 is 28.8 Å². The normalized spacial score (nSPS) is 29.7. The Morgan fingerprint density at radius 2 is 1.64 bits per heavy atom. The zero-order chi connectivity index (χ0) is 32.8. The first-order valence-corrected chi connectivity index (χ1v) is 15.0. The molecule has 0 saturated carbocycles. The molecule has 1 fully saturated rings. The number of aliphatic hydroxyl groups is 3. The van der Waals surface area contributed by atoms with Crippen LogP contribution in [0, 0.1) is 11.8 Å². The fourth-order valence-corrected chi connectivity index (χ4v) is 8.45. The van der Waals surface area contributed by atoms with E-state index < -0.39 is 58.0 Å². The van der Waals surface area contributed by atoms with Gasteiger partial charge in [0.05, 0.1) is 17.3 Å². The number of nitrogens with two attached hydrogens (primary N) is 1. The number of fused-ring (bicyclic) bond motifs is 3. The largest absolute Gasteiger partial charge is 0.510 e. The number of amides is 1. The van der Waals surface area contributed by atoms with Gasteiger partial charge in [0.2, 0.25) is 5.78 Å². The molecule has 1 saturated heterocycles. The molecule has 1 amide bonds. The van der Waals surface area contributed by atoms with Gasteiger partial charge in [0, 0.05) is 48.4 Å². The Labute approximate surface area is 257 Å². The molecule has 1 aromatic carbocycles. The van der Waals surface area contributed by atoms with E-state index >= 15 is 0 Å². The molecule has 240 valence electrons. The van der Waals surface area contributed by atoms with Crippen molar-refractivity contribution in [3.8, 4) is 5.75 Å². The summed E-state index contributed by atoms with van der Waals surface area (Å²) in [5, 5.41) is 53.2. The molecule has 12 nitrogen and oxygen atoms in total. The number of aliphatic hydroxyl groups excluding tert-OH is 2. The number of benzene rings is 1. The molecule has 1 aromatic rings. The molecular formula is C32H45N5O7. The van der Waals surface area contributed by atoms with Gasteiger partial charge >= 0.3 is 0 Å². The first-order valence-electron chi connectivity index (χ1n) is 15.0. The number of carbonyl (C=O) groups excluding carboxylic acids is 3. The minimum absolute atomic E-state index is 0.00747. The molecule has 4 unspecified atom stereocenters. The van der Waals surface area contributed by atoms with E-state index in [1.807, 2.05) is 25.1 Å². The van der Waals surface area contributed by atoms with Gasteiger partial charge in [-0.2, -0.15) is 0 Å². The highest BCUT2D eigenvalue weighted by Crippen LogP contribution is 2.54. The standard InChI is InChI=1S/C32H45N5O7/c1-30(2)12-15(13-31(3,4)35-30)34-18-11-19(36(5)6)16-9-14-10-17-23(37(7)8)26(40)22(29(33)43)28(42)32(17,44)27(41)20(14)25(39)21(16)24(18)38/h11,14-15,17,23,34-35,38,40-41,44H,9-10,12-13H2,1-8H3,(H2,33,43). The number of ketones is 2. The molecule has 44 heavy (non-hydrogen) atoms. The molecular weight excluding hydrogens is 566 g/mol. The number of carbonyl (C=O) groups is 3. The average Bonchev–Trinajstić information content (AvgIpc) is 2.85. The Bertz CT molecular complexity index is 1510. The Kier molecular flexibility index (Phi) is 7.38.